The first-order valence-corrected chi connectivity index (χ1v) is 9.26. The van der Waals surface area contributed by atoms with Crippen LogP contribution in [0.3, 0.4) is 0 Å². The monoisotopic (exact) mass is 347 g/mol. The van der Waals surface area contributed by atoms with Crippen molar-refractivity contribution in [3.63, 3.8) is 0 Å². The molecule has 1 fully saturated rings. The topological polar surface area (TPSA) is 54.3 Å². The van der Waals surface area contributed by atoms with E-state index in [0.717, 1.165) is 66.8 Å². The third kappa shape index (κ3) is 3.52. The summed E-state index contributed by atoms with van der Waals surface area (Å²) in [4.78, 5) is 21.8. The van der Waals surface area contributed by atoms with Crippen LogP contribution in [0.2, 0.25) is 0 Å². The molecule has 1 aliphatic heterocycles. The molecular weight excluding hydrogens is 322 g/mol. The van der Waals surface area contributed by atoms with Crippen molar-refractivity contribution >= 4 is 17.2 Å². The fourth-order valence-corrected chi connectivity index (χ4v) is 3.89. The Bertz CT molecular complexity index is 735. The number of amides is 1. The van der Waals surface area contributed by atoms with Crippen molar-refractivity contribution in [1.82, 2.24) is 24.6 Å². The molecule has 130 valence electrons. The van der Waals surface area contributed by atoms with Crippen LogP contribution in [-0.2, 0) is 13.6 Å². The molecule has 3 rings (SSSR count). The number of rotatable bonds is 3. The molecule has 0 radical (unpaired) electrons. The lowest BCUT2D eigenvalue weighted by Gasteiger charge is -2.21. The summed E-state index contributed by atoms with van der Waals surface area (Å²) in [6.07, 6.45) is 0.993. The molecule has 0 atom stereocenters. The number of nitrogens with zero attached hydrogens (tertiary/aromatic N) is 5. The van der Waals surface area contributed by atoms with Crippen LogP contribution >= 0.6 is 11.3 Å². The van der Waals surface area contributed by atoms with Crippen LogP contribution in [0, 0.1) is 20.8 Å². The van der Waals surface area contributed by atoms with Crippen molar-refractivity contribution in [2.24, 2.45) is 7.05 Å². The minimum atomic E-state index is 0.115. The summed E-state index contributed by atoms with van der Waals surface area (Å²) in [6, 6.07) is 0. The first kappa shape index (κ1) is 17.1. The van der Waals surface area contributed by atoms with Gasteiger partial charge in [0.25, 0.3) is 5.91 Å². The molecule has 1 saturated heterocycles. The number of carbonyl (C=O) groups is 1. The lowest BCUT2D eigenvalue weighted by atomic mass is 10.1. The second kappa shape index (κ2) is 7.03. The molecule has 6 nitrogen and oxygen atoms in total. The maximum Gasteiger partial charge on any atom is 0.257 e. The normalized spacial score (nSPS) is 16.4. The van der Waals surface area contributed by atoms with Crippen LogP contribution < -0.4 is 0 Å². The Hall–Kier alpha value is -1.73. The van der Waals surface area contributed by atoms with E-state index in [2.05, 4.69) is 20.4 Å². The van der Waals surface area contributed by atoms with Crippen LogP contribution in [0.4, 0.5) is 0 Å². The summed E-state index contributed by atoms with van der Waals surface area (Å²) >= 11 is 1.69. The summed E-state index contributed by atoms with van der Waals surface area (Å²) in [5.41, 5.74) is 3.66. The molecule has 0 spiro atoms. The standard InChI is InChI=1S/C17H25N5OS/c1-12-16(13(2)20(4)19-12)17(23)22-7-5-6-21(8-9-22)10-15-11-24-14(3)18-15/h11H,5-10H2,1-4H3. The van der Waals surface area contributed by atoms with Crippen molar-refractivity contribution in [3.05, 3.63) is 33.0 Å². The van der Waals surface area contributed by atoms with E-state index in [1.807, 2.05) is 32.7 Å². The van der Waals surface area contributed by atoms with Gasteiger partial charge < -0.3 is 4.90 Å². The first-order chi connectivity index (χ1) is 11.5. The zero-order valence-corrected chi connectivity index (χ0v) is 15.7. The van der Waals surface area contributed by atoms with E-state index in [1.54, 1.807) is 16.0 Å². The Kier molecular flexibility index (Phi) is 5.01. The number of hydrogen-bond donors (Lipinski definition) is 0. The maximum absolute atomic E-state index is 12.9. The number of hydrogen-bond acceptors (Lipinski definition) is 5. The molecular formula is C17H25N5OS. The Labute approximate surface area is 147 Å². The van der Waals surface area contributed by atoms with Crippen molar-refractivity contribution < 1.29 is 4.79 Å². The highest BCUT2D eigenvalue weighted by atomic mass is 32.1. The minimum absolute atomic E-state index is 0.115. The highest BCUT2D eigenvalue weighted by molar-refractivity contribution is 7.09. The molecule has 24 heavy (non-hydrogen) atoms. The summed E-state index contributed by atoms with van der Waals surface area (Å²) in [6.45, 7) is 10.2. The second-order valence-corrected chi connectivity index (χ2v) is 7.51. The van der Waals surface area contributed by atoms with E-state index in [-0.39, 0.29) is 5.91 Å². The van der Waals surface area contributed by atoms with Crippen LogP contribution in [0.15, 0.2) is 5.38 Å². The SMILES string of the molecule is Cc1nc(CN2CCCN(C(=O)c3c(C)nn(C)c3C)CC2)cs1. The van der Waals surface area contributed by atoms with Crippen LogP contribution in [0.5, 0.6) is 0 Å². The lowest BCUT2D eigenvalue weighted by molar-refractivity contribution is 0.0759. The van der Waals surface area contributed by atoms with Crippen molar-refractivity contribution in [2.75, 3.05) is 26.2 Å². The van der Waals surface area contributed by atoms with E-state index >= 15 is 0 Å². The van der Waals surface area contributed by atoms with E-state index in [4.69, 9.17) is 0 Å². The fourth-order valence-electron chi connectivity index (χ4n) is 3.28. The van der Waals surface area contributed by atoms with Crippen molar-refractivity contribution in [3.8, 4) is 0 Å². The van der Waals surface area contributed by atoms with E-state index in [9.17, 15) is 4.79 Å². The smallest absolute Gasteiger partial charge is 0.257 e. The van der Waals surface area contributed by atoms with Gasteiger partial charge in [0, 0.05) is 50.8 Å². The van der Waals surface area contributed by atoms with E-state index in [0.29, 0.717) is 0 Å². The van der Waals surface area contributed by atoms with Crippen LogP contribution in [0.1, 0.15) is 38.9 Å². The van der Waals surface area contributed by atoms with Crippen LogP contribution in [0.25, 0.3) is 0 Å². The van der Waals surface area contributed by atoms with Gasteiger partial charge in [-0.05, 0) is 27.2 Å². The summed E-state index contributed by atoms with van der Waals surface area (Å²) in [5, 5.41) is 7.62. The summed E-state index contributed by atoms with van der Waals surface area (Å²) in [5.74, 6) is 0.115. The van der Waals surface area contributed by atoms with Crippen molar-refractivity contribution in [2.45, 2.75) is 33.7 Å². The molecule has 2 aromatic heterocycles. The first-order valence-electron chi connectivity index (χ1n) is 8.38. The van der Waals surface area contributed by atoms with Crippen molar-refractivity contribution in [1.29, 1.82) is 0 Å². The predicted octanol–water partition coefficient (Wildman–Crippen LogP) is 2.15. The molecule has 0 aliphatic carbocycles. The van der Waals surface area contributed by atoms with Gasteiger partial charge in [0.1, 0.15) is 0 Å². The molecule has 0 saturated carbocycles. The molecule has 0 N–H and O–H groups in total. The highest BCUT2D eigenvalue weighted by Gasteiger charge is 2.25. The Balaban J connectivity index is 1.65. The molecule has 0 unspecified atom stereocenters. The largest absolute Gasteiger partial charge is 0.337 e. The van der Waals surface area contributed by atoms with Gasteiger partial charge in [0.2, 0.25) is 0 Å². The highest BCUT2D eigenvalue weighted by Crippen LogP contribution is 2.17. The summed E-state index contributed by atoms with van der Waals surface area (Å²) in [7, 11) is 1.89. The quantitative estimate of drug-likeness (QED) is 0.854. The van der Waals surface area contributed by atoms with Crippen LogP contribution in [-0.4, -0.2) is 56.7 Å². The Morgan fingerprint density at radius 2 is 2.00 bits per heavy atom. The van der Waals surface area contributed by atoms with Gasteiger partial charge in [0.15, 0.2) is 0 Å². The zero-order chi connectivity index (χ0) is 17.3. The average molecular weight is 347 g/mol. The maximum atomic E-state index is 12.9. The molecule has 1 aliphatic rings. The number of carbonyl (C=O) groups excluding carboxylic acids is 1. The minimum Gasteiger partial charge on any atom is -0.337 e. The van der Waals surface area contributed by atoms with Gasteiger partial charge >= 0.3 is 0 Å². The third-order valence-corrected chi connectivity index (χ3v) is 5.47. The summed E-state index contributed by atoms with van der Waals surface area (Å²) < 4.78 is 1.79. The molecule has 3 heterocycles. The van der Waals surface area contributed by atoms with Gasteiger partial charge in [-0.25, -0.2) is 4.98 Å². The Morgan fingerprint density at radius 1 is 1.21 bits per heavy atom. The number of thiazole rings is 1. The van der Waals surface area contributed by atoms with Gasteiger partial charge in [-0.3, -0.25) is 14.4 Å². The Morgan fingerprint density at radius 3 is 2.62 bits per heavy atom. The molecule has 0 aromatic carbocycles. The third-order valence-electron chi connectivity index (χ3n) is 4.65. The van der Waals surface area contributed by atoms with E-state index < -0.39 is 0 Å². The number of aromatic nitrogens is 3. The number of aryl methyl sites for hydroxylation is 3. The molecule has 1 amide bonds. The zero-order valence-electron chi connectivity index (χ0n) is 14.9. The average Bonchev–Trinajstić information content (AvgIpc) is 2.93. The van der Waals surface area contributed by atoms with Gasteiger partial charge in [-0.1, -0.05) is 0 Å². The van der Waals surface area contributed by atoms with Gasteiger partial charge in [-0.15, -0.1) is 11.3 Å². The predicted molar refractivity (Wildman–Crippen MR) is 95.3 cm³/mol. The molecule has 0 bridgehead atoms. The molecule has 2 aromatic rings. The molecule has 7 heteroatoms. The van der Waals surface area contributed by atoms with E-state index in [1.165, 1.54) is 0 Å². The lowest BCUT2D eigenvalue weighted by Crippen LogP contribution is -2.35. The van der Waals surface area contributed by atoms with Gasteiger partial charge in [-0.2, -0.15) is 5.10 Å². The van der Waals surface area contributed by atoms with Gasteiger partial charge in [0.05, 0.1) is 22.0 Å². The second-order valence-electron chi connectivity index (χ2n) is 6.45. The fraction of sp³-hybridized carbons (Fsp3) is 0.588.